The van der Waals surface area contributed by atoms with Crippen LogP contribution in [-0.2, 0) is 4.79 Å². The molecule has 74 valence electrons. The summed E-state index contributed by atoms with van der Waals surface area (Å²) in [5.74, 6) is 0. The molecule has 1 aromatic rings. The average molecular weight is 212 g/mol. The normalized spacial score (nSPS) is 11.1. The van der Waals surface area contributed by atoms with Gasteiger partial charge in [0.15, 0.2) is 0 Å². The summed E-state index contributed by atoms with van der Waals surface area (Å²) in [7, 11) is 0. The van der Waals surface area contributed by atoms with E-state index < -0.39 is 10.6 Å². The van der Waals surface area contributed by atoms with Crippen molar-refractivity contribution in [1.29, 1.82) is 0 Å². The van der Waals surface area contributed by atoms with Crippen LogP contribution in [0.5, 0.6) is 0 Å². The Hall–Kier alpha value is -1.69. The van der Waals surface area contributed by atoms with Crippen molar-refractivity contribution in [2.45, 2.75) is 6.92 Å². The maximum atomic E-state index is 10.2. The number of nitro groups is 1. The summed E-state index contributed by atoms with van der Waals surface area (Å²) in [4.78, 5) is 20.8. The van der Waals surface area contributed by atoms with Crippen LogP contribution in [0.15, 0.2) is 24.0 Å². The third-order valence-electron chi connectivity index (χ3n) is 1.43. The van der Waals surface area contributed by atoms with Crippen LogP contribution in [0.25, 0.3) is 0 Å². The number of hydrogen-bond donors (Lipinski definition) is 1. The quantitative estimate of drug-likeness (QED) is 0.357. The molecule has 0 saturated carbocycles. The van der Waals surface area contributed by atoms with Gasteiger partial charge in [-0.05, 0) is 19.1 Å². The second-order valence-electron chi connectivity index (χ2n) is 2.50. The molecule has 1 aromatic heterocycles. The van der Waals surface area contributed by atoms with Crippen LogP contribution in [0.1, 0.15) is 4.88 Å². The number of rotatable bonds is 4. The Balaban J connectivity index is 2.70. The van der Waals surface area contributed by atoms with Crippen molar-refractivity contribution in [2.75, 3.05) is 5.32 Å². The summed E-state index contributed by atoms with van der Waals surface area (Å²) in [5.41, 5.74) is -0.490. The smallest absolute Gasteiger partial charge is 0.324 e. The molecule has 0 spiro atoms. The monoisotopic (exact) mass is 212 g/mol. The highest BCUT2D eigenvalue weighted by Gasteiger charge is 2.07. The molecule has 0 unspecified atom stereocenters. The largest absolute Gasteiger partial charge is 0.348 e. The molecule has 0 bridgehead atoms. The van der Waals surface area contributed by atoms with Gasteiger partial charge in [0.25, 0.3) is 0 Å². The lowest BCUT2D eigenvalue weighted by atomic mass is 10.5. The van der Waals surface area contributed by atoms with Crippen molar-refractivity contribution in [3.05, 3.63) is 39.0 Å². The molecule has 1 N–H and O–H groups in total. The Morgan fingerprint density at radius 3 is 2.79 bits per heavy atom. The maximum absolute atomic E-state index is 10.2. The Morgan fingerprint density at radius 2 is 2.36 bits per heavy atom. The van der Waals surface area contributed by atoms with Crippen molar-refractivity contribution >= 4 is 22.6 Å². The molecule has 0 saturated heterocycles. The zero-order valence-electron chi connectivity index (χ0n) is 7.39. The Morgan fingerprint density at radius 1 is 1.64 bits per heavy atom. The predicted molar refractivity (Wildman–Crippen MR) is 53.8 cm³/mol. The van der Waals surface area contributed by atoms with Crippen molar-refractivity contribution in [2.24, 2.45) is 0 Å². The molecule has 0 radical (unpaired) electrons. The van der Waals surface area contributed by atoms with Crippen LogP contribution in [-0.4, -0.2) is 11.2 Å². The molecule has 5 nitrogen and oxygen atoms in total. The van der Waals surface area contributed by atoms with Gasteiger partial charge < -0.3 is 5.32 Å². The second kappa shape index (κ2) is 4.52. The lowest BCUT2D eigenvalue weighted by Gasteiger charge is -1.93. The number of allylic oxidation sites excluding steroid dienone is 1. The molecule has 0 amide bonds. The summed E-state index contributed by atoms with van der Waals surface area (Å²) in [6, 6.07) is 3.67. The zero-order chi connectivity index (χ0) is 10.6. The number of aldehydes is 1. The predicted octanol–water partition coefficient (Wildman–Crippen LogP) is 1.79. The van der Waals surface area contributed by atoms with Crippen LogP contribution in [0.2, 0.25) is 0 Å². The van der Waals surface area contributed by atoms with Gasteiger partial charge >= 0.3 is 5.70 Å². The van der Waals surface area contributed by atoms with Gasteiger partial charge in [-0.15, -0.1) is 11.3 Å². The summed E-state index contributed by atoms with van der Waals surface area (Å²) in [6.07, 6.45) is 1.28. The van der Waals surface area contributed by atoms with Gasteiger partial charge in [0.05, 0.1) is 16.1 Å². The molecule has 0 aromatic carbocycles. The minimum absolute atomic E-state index is 0.202. The number of carbonyl (C=O) groups is 1. The fourth-order valence-corrected chi connectivity index (χ4v) is 1.52. The molecule has 0 aliphatic heterocycles. The molecule has 6 heteroatoms. The number of nitrogens with zero attached hydrogens (tertiary/aromatic N) is 1. The van der Waals surface area contributed by atoms with Gasteiger partial charge in [0.2, 0.25) is 6.29 Å². The van der Waals surface area contributed by atoms with Gasteiger partial charge in [0, 0.05) is 4.88 Å². The third-order valence-corrected chi connectivity index (χ3v) is 2.37. The van der Waals surface area contributed by atoms with E-state index in [0.29, 0.717) is 0 Å². The summed E-state index contributed by atoms with van der Waals surface area (Å²) in [6.45, 7) is 1.92. The molecular weight excluding hydrogens is 204 g/mol. The average Bonchev–Trinajstić information content (AvgIpc) is 2.52. The molecule has 0 aliphatic carbocycles. The summed E-state index contributed by atoms with van der Waals surface area (Å²) >= 11 is 1.46. The lowest BCUT2D eigenvalue weighted by Crippen LogP contribution is -2.02. The van der Waals surface area contributed by atoms with E-state index in [-0.39, 0.29) is 6.29 Å². The van der Waals surface area contributed by atoms with Crippen molar-refractivity contribution in [3.8, 4) is 0 Å². The van der Waals surface area contributed by atoms with Crippen LogP contribution in [0, 0.1) is 17.0 Å². The minimum atomic E-state index is -0.736. The van der Waals surface area contributed by atoms with Crippen molar-refractivity contribution in [3.63, 3.8) is 0 Å². The first-order valence-electron chi connectivity index (χ1n) is 3.76. The first kappa shape index (κ1) is 10.4. The molecule has 14 heavy (non-hydrogen) atoms. The number of hydrogen-bond acceptors (Lipinski definition) is 5. The SMILES string of the molecule is Cc1ccc(N/C=C(/C=O)[N+](=O)[O-])s1. The van der Waals surface area contributed by atoms with Crippen LogP contribution >= 0.6 is 11.3 Å². The van der Waals surface area contributed by atoms with Gasteiger partial charge in [0.1, 0.15) is 0 Å². The van der Waals surface area contributed by atoms with E-state index >= 15 is 0 Å². The fourth-order valence-electron chi connectivity index (χ4n) is 0.787. The van der Waals surface area contributed by atoms with E-state index in [0.717, 1.165) is 16.1 Å². The Kier molecular flexibility index (Phi) is 3.35. The number of anilines is 1. The van der Waals surface area contributed by atoms with Gasteiger partial charge in [-0.1, -0.05) is 0 Å². The van der Waals surface area contributed by atoms with E-state index in [1.807, 2.05) is 13.0 Å². The topological polar surface area (TPSA) is 72.2 Å². The molecule has 0 aliphatic rings. The lowest BCUT2D eigenvalue weighted by molar-refractivity contribution is -0.417. The standard InChI is InChI=1S/C8H8N2O3S/c1-6-2-3-8(14-6)9-4-7(5-11)10(12)13/h2-5,9H,1H3/b7-4-. The first-order valence-corrected chi connectivity index (χ1v) is 4.58. The minimum Gasteiger partial charge on any atom is -0.348 e. The summed E-state index contributed by atoms with van der Waals surface area (Å²) < 4.78 is 0. The van der Waals surface area contributed by atoms with Crippen molar-refractivity contribution in [1.82, 2.24) is 0 Å². The van der Waals surface area contributed by atoms with E-state index in [1.165, 1.54) is 11.3 Å². The van der Waals surface area contributed by atoms with Gasteiger partial charge in [-0.2, -0.15) is 0 Å². The molecule has 1 heterocycles. The number of carbonyl (C=O) groups excluding carboxylic acids is 1. The fraction of sp³-hybridized carbons (Fsp3) is 0.125. The highest BCUT2D eigenvalue weighted by Crippen LogP contribution is 2.20. The molecule has 1 rings (SSSR count). The Bertz CT molecular complexity index is 384. The zero-order valence-corrected chi connectivity index (χ0v) is 8.21. The second-order valence-corrected chi connectivity index (χ2v) is 3.79. The van der Waals surface area contributed by atoms with E-state index in [4.69, 9.17) is 0 Å². The van der Waals surface area contributed by atoms with Crippen LogP contribution < -0.4 is 5.32 Å². The number of aryl methyl sites for hydroxylation is 1. The van der Waals surface area contributed by atoms with E-state index in [2.05, 4.69) is 5.32 Å². The van der Waals surface area contributed by atoms with Crippen molar-refractivity contribution < 1.29 is 9.72 Å². The van der Waals surface area contributed by atoms with E-state index in [9.17, 15) is 14.9 Å². The van der Waals surface area contributed by atoms with Crippen LogP contribution in [0.4, 0.5) is 5.00 Å². The number of nitrogens with one attached hydrogen (secondary N) is 1. The number of thiophene rings is 1. The van der Waals surface area contributed by atoms with Gasteiger partial charge in [-0.3, -0.25) is 14.9 Å². The highest BCUT2D eigenvalue weighted by atomic mass is 32.1. The van der Waals surface area contributed by atoms with E-state index in [1.54, 1.807) is 6.07 Å². The molecule has 0 fully saturated rings. The van der Waals surface area contributed by atoms with Gasteiger partial charge in [-0.25, -0.2) is 0 Å². The Labute approximate surface area is 84.2 Å². The molecular formula is C8H8N2O3S. The highest BCUT2D eigenvalue weighted by molar-refractivity contribution is 7.16. The molecule has 0 atom stereocenters. The van der Waals surface area contributed by atoms with Crippen LogP contribution in [0.3, 0.4) is 0 Å². The summed E-state index contributed by atoms with van der Waals surface area (Å²) in [5, 5.41) is 13.7. The maximum Gasteiger partial charge on any atom is 0.324 e. The third kappa shape index (κ3) is 2.67. The first-order chi connectivity index (χ1) is 6.63.